The Morgan fingerprint density at radius 1 is 0.827 bits per heavy atom. The second-order valence-corrected chi connectivity index (χ2v) is 13.1. The van der Waals surface area contributed by atoms with Crippen molar-refractivity contribution < 1.29 is 38.6 Å². The van der Waals surface area contributed by atoms with E-state index in [1.807, 2.05) is 74.5 Å². The van der Waals surface area contributed by atoms with E-state index in [4.69, 9.17) is 14.3 Å². The van der Waals surface area contributed by atoms with Crippen LogP contribution in [-0.4, -0.2) is 70.8 Å². The van der Waals surface area contributed by atoms with Gasteiger partial charge in [0, 0.05) is 12.6 Å². The number of carboxylic acids is 1. The number of para-hydroxylation sites is 1. The van der Waals surface area contributed by atoms with Crippen LogP contribution in [0.25, 0.3) is 21.5 Å². The quantitative estimate of drug-likeness (QED) is 0.138. The molecule has 2 N–H and O–H groups in total. The molecule has 0 saturated heterocycles. The minimum Gasteiger partial charge on any atom is -0.486 e. The van der Waals surface area contributed by atoms with Gasteiger partial charge in [-0.1, -0.05) is 97.9 Å². The van der Waals surface area contributed by atoms with Crippen molar-refractivity contribution in [3.63, 3.8) is 0 Å². The van der Waals surface area contributed by atoms with Gasteiger partial charge in [-0.05, 0) is 63.9 Å². The Kier molecular flexibility index (Phi) is 10.5. The Balaban J connectivity index is 1.23. The van der Waals surface area contributed by atoms with E-state index in [2.05, 4.69) is 10.5 Å². The Hall–Kier alpha value is -6.23. The number of benzene rings is 5. The van der Waals surface area contributed by atoms with E-state index in [0.29, 0.717) is 17.0 Å². The molecule has 1 aliphatic heterocycles. The van der Waals surface area contributed by atoms with E-state index in [0.717, 1.165) is 26.4 Å². The summed E-state index contributed by atoms with van der Waals surface area (Å²) >= 11 is 0. The van der Waals surface area contributed by atoms with Crippen LogP contribution in [0.4, 0.5) is 0 Å². The normalized spacial score (nSPS) is 16.4. The third-order valence-electron chi connectivity index (χ3n) is 9.03. The van der Waals surface area contributed by atoms with Gasteiger partial charge in [0.25, 0.3) is 5.91 Å². The number of carbonyl (C=O) groups is 4. The van der Waals surface area contributed by atoms with Gasteiger partial charge < -0.3 is 29.6 Å². The molecule has 5 aromatic rings. The van der Waals surface area contributed by atoms with Crippen molar-refractivity contribution in [3.8, 4) is 11.5 Å². The second kappa shape index (κ2) is 15.3. The number of amides is 2. The molecule has 0 bridgehead atoms. The third kappa shape index (κ3) is 7.88. The van der Waals surface area contributed by atoms with Crippen LogP contribution in [0.2, 0.25) is 0 Å². The smallest absolute Gasteiger partial charge is 0.360 e. The molecule has 5 aromatic carbocycles. The number of ketones is 1. The molecule has 1 unspecified atom stereocenters. The summed E-state index contributed by atoms with van der Waals surface area (Å²) < 4.78 is 12.0. The first-order valence-electron chi connectivity index (χ1n) is 16.9. The number of ether oxygens (including phenoxy) is 2. The molecule has 11 heteroatoms. The molecule has 0 aliphatic carbocycles. The lowest BCUT2D eigenvalue weighted by Gasteiger charge is -2.34. The zero-order valence-corrected chi connectivity index (χ0v) is 29.0. The Bertz CT molecular complexity index is 2150. The summed E-state index contributed by atoms with van der Waals surface area (Å²) in [5.74, 6) is -4.68. The minimum absolute atomic E-state index is 0.180. The Morgan fingerprint density at radius 2 is 1.44 bits per heavy atom. The molecule has 0 spiro atoms. The van der Waals surface area contributed by atoms with Crippen LogP contribution in [0, 0.1) is 5.92 Å². The van der Waals surface area contributed by atoms with Crippen molar-refractivity contribution in [1.29, 1.82) is 0 Å². The number of hydrogen-bond donors (Lipinski definition) is 2. The third-order valence-corrected chi connectivity index (χ3v) is 9.03. The molecule has 0 fully saturated rings. The molecule has 0 aromatic heterocycles. The van der Waals surface area contributed by atoms with Gasteiger partial charge in [-0.3, -0.25) is 19.2 Å². The first kappa shape index (κ1) is 35.6. The van der Waals surface area contributed by atoms with Crippen molar-refractivity contribution in [2.75, 3.05) is 13.7 Å². The summed E-state index contributed by atoms with van der Waals surface area (Å²) in [5.41, 5.74) is 0.787. The highest BCUT2D eigenvalue weighted by atomic mass is 16.8. The average molecular weight is 702 g/mol. The number of oxime groups is 1. The summed E-state index contributed by atoms with van der Waals surface area (Å²) in [6.45, 7) is 3.31. The van der Waals surface area contributed by atoms with E-state index in [-0.39, 0.29) is 24.0 Å². The number of fused-ring (bicyclic) bond motifs is 2. The highest BCUT2D eigenvalue weighted by molar-refractivity contribution is 6.04. The van der Waals surface area contributed by atoms with E-state index >= 15 is 0 Å². The number of rotatable bonds is 14. The van der Waals surface area contributed by atoms with Gasteiger partial charge in [0.1, 0.15) is 24.1 Å². The fraction of sp³-hybridized carbons (Fsp3) is 0.244. The molecule has 266 valence electrons. The fourth-order valence-corrected chi connectivity index (χ4v) is 6.23. The molecule has 52 heavy (non-hydrogen) atoms. The molecule has 11 nitrogen and oxygen atoms in total. The van der Waals surface area contributed by atoms with Crippen LogP contribution >= 0.6 is 0 Å². The zero-order valence-electron chi connectivity index (χ0n) is 29.0. The molecule has 0 radical (unpaired) electrons. The fourth-order valence-electron chi connectivity index (χ4n) is 6.23. The molecule has 3 atom stereocenters. The van der Waals surface area contributed by atoms with Crippen molar-refractivity contribution in [3.05, 3.63) is 121 Å². The highest BCUT2D eigenvalue weighted by Gasteiger charge is 2.54. The largest absolute Gasteiger partial charge is 0.486 e. The zero-order chi connectivity index (χ0) is 36.8. The topological polar surface area (TPSA) is 144 Å². The van der Waals surface area contributed by atoms with Gasteiger partial charge in [0.2, 0.25) is 0 Å². The predicted molar refractivity (Wildman–Crippen MR) is 196 cm³/mol. The molecule has 0 saturated carbocycles. The standard InChI is InChI=1S/C41H39N3O8/c1-26(2)38(42-39(48)31-18-17-27-11-7-9-13-29(27)21-31)34-24-41(52-43-34,51-32-15-5-4-6-16-32)40(49)44(3)35(23-37(46)47)36(45)25-50-33-20-19-28-12-8-10-14-30(28)22-33/h4-22,26,35,38H,23-25H2,1-3H3,(H,42,48)(H,46,47)/t35-,38-,41?/m0/s1. The lowest BCUT2D eigenvalue weighted by molar-refractivity contribution is -0.197. The summed E-state index contributed by atoms with van der Waals surface area (Å²) in [6, 6.07) is 32.5. The van der Waals surface area contributed by atoms with Crippen LogP contribution in [0.3, 0.4) is 0 Å². The summed E-state index contributed by atoms with van der Waals surface area (Å²) in [7, 11) is 1.32. The first-order valence-corrected chi connectivity index (χ1v) is 16.9. The van der Waals surface area contributed by atoms with Gasteiger partial charge in [0.15, 0.2) is 5.78 Å². The molecular weight excluding hydrogens is 662 g/mol. The predicted octanol–water partition coefficient (Wildman–Crippen LogP) is 6.25. The maximum atomic E-state index is 14.5. The number of likely N-dealkylation sites (N-methyl/N-ethyl adjacent to an activating group) is 1. The summed E-state index contributed by atoms with van der Waals surface area (Å²) in [4.78, 5) is 60.5. The van der Waals surface area contributed by atoms with Crippen LogP contribution < -0.4 is 14.8 Å². The van der Waals surface area contributed by atoms with E-state index in [1.54, 1.807) is 54.6 Å². The van der Waals surface area contributed by atoms with Crippen molar-refractivity contribution in [2.24, 2.45) is 11.1 Å². The van der Waals surface area contributed by atoms with Crippen LogP contribution in [0.1, 0.15) is 37.0 Å². The number of carbonyl (C=O) groups excluding carboxylic acids is 3. The lowest BCUT2D eigenvalue weighted by Crippen LogP contribution is -2.57. The first-order chi connectivity index (χ1) is 25.0. The lowest BCUT2D eigenvalue weighted by atomic mass is 9.93. The van der Waals surface area contributed by atoms with Gasteiger partial charge >= 0.3 is 17.7 Å². The molecule has 2 amide bonds. The van der Waals surface area contributed by atoms with Crippen molar-refractivity contribution in [1.82, 2.24) is 10.2 Å². The number of nitrogens with zero attached hydrogens (tertiary/aromatic N) is 2. The van der Waals surface area contributed by atoms with Crippen LogP contribution in [0.15, 0.2) is 120 Å². The van der Waals surface area contributed by atoms with E-state index in [9.17, 15) is 24.3 Å². The maximum Gasteiger partial charge on any atom is 0.360 e. The molecule has 1 aliphatic rings. The number of nitrogens with one attached hydrogen (secondary N) is 1. The average Bonchev–Trinajstić information content (AvgIpc) is 3.58. The van der Waals surface area contributed by atoms with E-state index < -0.39 is 48.6 Å². The summed E-state index contributed by atoms with van der Waals surface area (Å²) in [5, 5.41) is 20.9. The molecular formula is C41H39N3O8. The number of aliphatic carboxylic acids is 1. The number of carboxylic acid groups (broad SMARTS) is 1. The van der Waals surface area contributed by atoms with Gasteiger partial charge in [0.05, 0.1) is 24.6 Å². The number of Topliss-reactive ketones (excluding diaryl/α,β-unsaturated/α-hetero) is 1. The maximum absolute atomic E-state index is 14.5. The van der Waals surface area contributed by atoms with Crippen LogP contribution in [0.5, 0.6) is 11.5 Å². The molecule has 1 heterocycles. The number of hydrogen-bond acceptors (Lipinski definition) is 8. The van der Waals surface area contributed by atoms with E-state index in [1.165, 1.54) is 7.05 Å². The minimum atomic E-state index is -2.11. The van der Waals surface area contributed by atoms with Crippen LogP contribution in [-0.2, 0) is 19.2 Å². The van der Waals surface area contributed by atoms with Gasteiger partial charge in [-0.25, -0.2) is 0 Å². The van der Waals surface area contributed by atoms with Gasteiger partial charge in [-0.2, -0.15) is 0 Å². The Morgan fingerprint density at radius 3 is 2.10 bits per heavy atom. The molecule has 6 rings (SSSR count). The van der Waals surface area contributed by atoms with Crippen molar-refractivity contribution in [2.45, 2.75) is 44.6 Å². The highest BCUT2D eigenvalue weighted by Crippen LogP contribution is 2.33. The van der Waals surface area contributed by atoms with Gasteiger partial charge in [-0.15, -0.1) is 0 Å². The Labute approximate surface area is 300 Å². The second-order valence-electron chi connectivity index (χ2n) is 13.1. The summed E-state index contributed by atoms with van der Waals surface area (Å²) in [6.07, 6.45) is -0.902. The van der Waals surface area contributed by atoms with Crippen molar-refractivity contribution >= 4 is 50.8 Å². The monoisotopic (exact) mass is 701 g/mol. The SMILES string of the molecule is CC(C)[C@H](NC(=O)c1ccc2ccccc2c1)C1=NOC(Oc2ccccc2)(C(=O)N(C)[C@@H](CC(=O)O)C(=O)COc2ccc3ccccc3c2)C1.